The van der Waals surface area contributed by atoms with E-state index in [1.54, 1.807) is 20.8 Å². The van der Waals surface area contributed by atoms with Crippen LogP contribution < -0.4 is 5.56 Å². The van der Waals surface area contributed by atoms with Crippen molar-refractivity contribution < 1.29 is 9.53 Å². The first-order valence-electron chi connectivity index (χ1n) is 10.1. The molecule has 0 fully saturated rings. The van der Waals surface area contributed by atoms with Gasteiger partial charge in [0.25, 0.3) is 5.56 Å². The molecular weight excluding hydrogens is 384 g/mol. The normalized spacial score (nSPS) is 11.8. The molecule has 6 heteroatoms. The van der Waals surface area contributed by atoms with E-state index in [1.807, 2.05) is 24.4 Å². The summed E-state index contributed by atoms with van der Waals surface area (Å²) in [6, 6.07) is 8.25. The van der Waals surface area contributed by atoms with E-state index in [0.717, 1.165) is 24.0 Å². The van der Waals surface area contributed by atoms with Crippen LogP contribution in [0.5, 0.6) is 0 Å². The molecule has 0 N–H and O–H groups in total. The van der Waals surface area contributed by atoms with Gasteiger partial charge in [0.05, 0.1) is 12.0 Å². The summed E-state index contributed by atoms with van der Waals surface area (Å²) in [6.45, 7) is 9.63. The van der Waals surface area contributed by atoms with Crippen molar-refractivity contribution in [3.63, 3.8) is 0 Å². The van der Waals surface area contributed by atoms with Crippen molar-refractivity contribution in [2.24, 2.45) is 0 Å². The number of aryl methyl sites for hydroxylation is 2. The number of esters is 1. The largest absolute Gasteiger partial charge is 0.464 e. The quantitative estimate of drug-likeness (QED) is 0.516. The number of thiophene rings is 1. The van der Waals surface area contributed by atoms with Gasteiger partial charge in [-0.2, -0.15) is 0 Å². The van der Waals surface area contributed by atoms with Crippen LogP contribution in [-0.2, 0) is 27.9 Å². The molecule has 0 radical (unpaired) electrons. The summed E-state index contributed by atoms with van der Waals surface area (Å²) in [5.74, 6) is 0.197. The molecule has 0 aliphatic rings. The molecule has 0 bridgehead atoms. The summed E-state index contributed by atoms with van der Waals surface area (Å²) in [5.41, 5.74) is 1.77. The van der Waals surface area contributed by atoms with Crippen LogP contribution in [0, 0.1) is 0 Å². The molecule has 0 unspecified atom stereocenters. The zero-order chi connectivity index (χ0) is 21.2. The summed E-state index contributed by atoms with van der Waals surface area (Å²) in [4.78, 5) is 31.8. The van der Waals surface area contributed by atoms with Crippen molar-refractivity contribution in [2.45, 2.75) is 59.4 Å². The Morgan fingerprint density at radius 1 is 1.17 bits per heavy atom. The SMILES string of the molecule is CCCc1nc2scc(-c3ccc(CC)cc3)c2c(=O)n1C(C)(C)C(=O)OCC. The number of hydrogen-bond acceptors (Lipinski definition) is 5. The lowest BCUT2D eigenvalue weighted by molar-refractivity contribution is -0.152. The van der Waals surface area contributed by atoms with Crippen LogP contribution in [0.2, 0.25) is 0 Å². The third-order valence-corrected chi connectivity index (χ3v) is 6.03. The molecule has 3 aromatic rings. The van der Waals surface area contributed by atoms with Crippen LogP contribution in [0.15, 0.2) is 34.4 Å². The second-order valence-electron chi connectivity index (χ2n) is 7.58. The molecule has 3 rings (SSSR count). The van der Waals surface area contributed by atoms with Gasteiger partial charge in [0.15, 0.2) is 0 Å². The molecule has 0 atom stereocenters. The van der Waals surface area contributed by atoms with Crippen molar-refractivity contribution in [1.29, 1.82) is 0 Å². The number of nitrogens with zero attached hydrogens (tertiary/aromatic N) is 2. The van der Waals surface area contributed by atoms with Crippen LogP contribution >= 0.6 is 11.3 Å². The first-order valence-corrected chi connectivity index (χ1v) is 11.0. The van der Waals surface area contributed by atoms with Crippen molar-refractivity contribution in [3.05, 3.63) is 51.4 Å². The first-order chi connectivity index (χ1) is 13.8. The Hall–Kier alpha value is -2.47. The summed E-state index contributed by atoms with van der Waals surface area (Å²) in [7, 11) is 0. The Balaban J connectivity index is 2.27. The molecule has 29 heavy (non-hydrogen) atoms. The van der Waals surface area contributed by atoms with Gasteiger partial charge in [-0.1, -0.05) is 38.1 Å². The minimum Gasteiger partial charge on any atom is -0.464 e. The molecule has 5 nitrogen and oxygen atoms in total. The molecule has 154 valence electrons. The number of carbonyl (C=O) groups excluding carboxylic acids is 1. The number of ether oxygens (including phenoxy) is 1. The van der Waals surface area contributed by atoms with Gasteiger partial charge in [0, 0.05) is 17.4 Å². The average Bonchev–Trinajstić information content (AvgIpc) is 3.12. The number of rotatable bonds is 7. The van der Waals surface area contributed by atoms with Gasteiger partial charge in [0.2, 0.25) is 0 Å². The van der Waals surface area contributed by atoms with E-state index in [4.69, 9.17) is 9.72 Å². The maximum atomic E-state index is 13.7. The molecule has 0 spiro atoms. The Labute approximate surface area is 175 Å². The van der Waals surface area contributed by atoms with Gasteiger partial charge >= 0.3 is 5.97 Å². The molecular formula is C23H28N2O3S. The number of benzene rings is 1. The molecule has 2 heterocycles. The lowest BCUT2D eigenvalue weighted by Gasteiger charge is -2.27. The van der Waals surface area contributed by atoms with Crippen molar-refractivity contribution >= 4 is 27.5 Å². The molecule has 2 aromatic heterocycles. The Kier molecular flexibility index (Phi) is 6.22. The predicted octanol–water partition coefficient (Wildman–Crippen LogP) is 4.94. The van der Waals surface area contributed by atoms with Crippen LogP contribution in [0.3, 0.4) is 0 Å². The molecule has 0 saturated carbocycles. The highest BCUT2D eigenvalue weighted by Crippen LogP contribution is 2.32. The highest BCUT2D eigenvalue weighted by atomic mass is 32.1. The third-order valence-electron chi connectivity index (χ3n) is 5.16. The maximum Gasteiger partial charge on any atom is 0.331 e. The molecule has 0 amide bonds. The number of aromatic nitrogens is 2. The van der Waals surface area contributed by atoms with Crippen LogP contribution in [0.4, 0.5) is 0 Å². The van der Waals surface area contributed by atoms with Crippen LogP contribution in [0.25, 0.3) is 21.3 Å². The summed E-state index contributed by atoms with van der Waals surface area (Å²) >= 11 is 1.47. The van der Waals surface area contributed by atoms with Crippen LogP contribution in [0.1, 0.15) is 52.4 Å². The molecule has 0 saturated heterocycles. The van der Waals surface area contributed by atoms with Gasteiger partial charge in [-0.15, -0.1) is 11.3 Å². The van der Waals surface area contributed by atoms with Gasteiger partial charge in [-0.3, -0.25) is 9.36 Å². The van der Waals surface area contributed by atoms with E-state index in [2.05, 4.69) is 19.1 Å². The van der Waals surface area contributed by atoms with Crippen molar-refractivity contribution in [2.75, 3.05) is 6.61 Å². The van der Waals surface area contributed by atoms with Crippen molar-refractivity contribution in [1.82, 2.24) is 9.55 Å². The Morgan fingerprint density at radius 3 is 2.45 bits per heavy atom. The van der Waals surface area contributed by atoms with Crippen molar-refractivity contribution in [3.8, 4) is 11.1 Å². The first kappa shape index (κ1) is 21.2. The maximum absolute atomic E-state index is 13.7. The fourth-order valence-corrected chi connectivity index (χ4v) is 4.49. The topological polar surface area (TPSA) is 61.2 Å². The predicted molar refractivity (Wildman–Crippen MR) is 119 cm³/mol. The standard InChI is InChI=1S/C23H28N2O3S/c1-6-9-18-24-20-19(21(26)25(18)23(4,5)22(27)28-8-3)17(14-29-20)16-12-10-15(7-2)11-13-16/h10-14H,6-9H2,1-5H3. The molecule has 0 aliphatic carbocycles. The number of hydrogen-bond donors (Lipinski definition) is 0. The minimum absolute atomic E-state index is 0.188. The van der Waals surface area contributed by atoms with E-state index in [0.29, 0.717) is 22.5 Å². The van der Waals surface area contributed by atoms with E-state index in [9.17, 15) is 9.59 Å². The van der Waals surface area contributed by atoms with E-state index in [1.165, 1.54) is 21.5 Å². The highest BCUT2D eigenvalue weighted by molar-refractivity contribution is 7.17. The van der Waals surface area contributed by atoms with E-state index in [-0.39, 0.29) is 12.2 Å². The van der Waals surface area contributed by atoms with Gasteiger partial charge < -0.3 is 4.74 Å². The van der Waals surface area contributed by atoms with Gasteiger partial charge in [-0.05, 0) is 44.7 Å². The average molecular weight is 413 g/mol. The second-order valence-corrected chi connectivity index (χ2v) is 8.44. The lowest BCUT2D eigenvalue weighted by Crippen LogP contribution is -2.45. The molecule has 1 aromatic carbocycles. The number of carbonyl (C=O) groups is 1. The van der Waals surface area contributed by atoms with Gasteiger partial charge in [-0.25, -0.2) is 9.78 Å². The monoisotopic (exact) mass is 412 g/mol. The Bertz CT molecular complexity index is 1080. The third kappa shape index (κ3) is 3.86. The van der Waals surface area contributed by atoms with E-state index >= 15 is 0 Å². The van der Waals surface area contributed by atoms with E-state index < -0.39 is 11.5 Å². The number of fused-ring (bicyclic) bond motifs is 1. The smallest absolute Gasteiger partial charge is 0.331 e. The lowest BCUT2D eigenvalue weighted by atomic mass is 10.0. The minimum atomic E-state index is -1.13. The molecule has 0 aliphatic heterocycles. The summed E-state index contributed by atoms with van der Waals surface area (Å²) in [6.07, 6.45) is 2.41. The Morgan fingerprint density at radius 2 is 1.86 bits per heavy atom. The highest BCUT2D eigenvalue weighted by Gasteiger charge is 2.35. The fraction of sp³-hybridized carbons (Fsp3) is 0.435. The van der Waals surface area contributed by atoms with Crippen LogP contribution in [-0.4, -0.2) is 22.1 Å². The van der Waals surface area contributed by atoms with Gasteiger partial charge in [0.1, 0.15) is 16.2 Å². The zero-order valence-corrected chi connectivity index (χ0v) is 18.6. The second kappa shape index (κ2) is 8.49. The zero-order valence-electron chi connectivity index (χ0n) is 17.7. The summed E-state index contributed by atoms with van der Waals surface area (Å²) in [5, 5.41) is 2.55. The fourth-order valence-electron chi connectivity index (χ4n) is 3.53. The summed E-state index contributed by atoms with van der Waals surface area (Å²) < 4.78 is 6.79.